The maximum absolute atomic E-state index is 12.0. The number of hydrogen-bond donors (Lipinski definition) is 3. The van der Waals surface area contributed by atoms with Crippen molar-refractivity contribution in [2.75, 3.05) is 32.5 Å². The number of anilines is 1. The number of amides is 1. The molecule has 0 fully saturated rings. The number of ether oxygens (including phenoxy) is 1. The molecule has 1 aromatic rings. The van der Waals surface area contributed by atoms with Gasteiger partial charge in [-0.3, -0.25) is 4.79 Å². The van der Waals surface area contributed by atoms with Gasteiger partial charge in [-0.25, -0.2) is 13.1 Å². The molecule has 1 aromatic carbocycles. The summed E-state index contributed by atoms with van der Waals surface area (Å²) in [6.07, 6.45) is 0.0664. The van der Waals surface area contributed by atoms with Gasteiger partial charge in [0.25, 0.3) is 0 Å². The van der Waals surface area contributed by atoms with E-state index in [0.29, 0.717) is 24.4 Å². The zero-order valence-corrected chi connectivity index (χ0v) is 13.0. The van der Waals surface area contributed by atoms with Gasteiger partial charge in [-0.05, 0) is 30.7 Å². The zero-order valence-electron chi connectivity index (χ0n) is 12.2. The van der Waals surface area contributed by atoms with Crippen LogP contribution >= 0.6 is 0 Å². The SMILES string of the molecule is COCCNC(=O)CCNS(=O)(=O)c1ccc(N)c(C)c1. The summed E-state index contributed by atoms with van der Waals surface area (Å²) in [7, 11) is -2.09. The lowest BCUT2D eigenvalue weighted by atomic mass is 10.2. The zero-order chi connectivity index (χ0) is 15.9. The fourth-order valence-electron chi connectivity index (χ4n) is 1.58. The van der Waals surface area contributed by atoms with E-state index in [1.54, 1.807) is 13.0 Å². The number of hydrogen-bond acceptors (Lipinski definition) is 5. The molecule has 0 bridgehead atoms. The van der Waals surface area contributed by atoms with Crippen LogP contribution in [0.15, 0.2) is 23.1 Å². The molecule has 7 nitrogen and oxygen atoms in total. The second kappa shape index (κ2) is 7.96. The molecule has 0 aliphatic heterocycles. The number of carbonyl (C=O) groups is 1. The third kappa shape index (κ3) is 5.70. The van der Waals surface area contributed by atoms with Gasteiger partial charge in [0.1, 0.15) is 0 Å². The summed E-state index contributed by atoms with van der Waals surface area (Å²) in [5, 5.41) is 2.61. The van der Waals surface area contributed by atoms with Crippen molar-refractivity contribution in [3.05, 3.63) is 23.8 Å². The fraction of sp³-hybridized carbons (Fsp3) is 0.462. The van der Waals surface area contributed by atoms with Crippen LogP contribution in [0.2, 0.25) is 0 Å². The van der Waals surface area contributed by atoms with Crippen LogP contribution in [0.3, 0.4) is 0 Å². The number of rotatable bonds is 8. The molecule has 0 heterocycles. The predicted octanol–water partition coefficient (Wildman–Crippen LogP) is 0.00822. The van der Waals surface area contributed by atoms with E-state index in [-0.39, 0.29) is 23.8 Å². The van der Waals surface area contributed by atoms with E-state index in [1.807, 2.05) is 0 Å². The molecular formula is C13H21N3O4S. The molecule has 0 aliphatic carbocycles. The maximum Gasteiger partial charge on any atom is 0.240 e. The minimum atomic E-state index is -3.63. The first kappa shape index (κ1) is 17.4. The Labute approximate surface area is 124 Å². The predicted molar refractivity (Wildman–Crippen MR) is 80.3 cm³/mol. The van der Waals surface area contributed by atoms with Gasteiger partial charge >= 0.3 is 0 Å². The Balaban J connectivity index is 2.50. The average molecular weight is 315 g/mol. The van der Waals surface area contributed by atoms with E-state index >= 15 is 0 Å². The molecule has 1 rings (SSSR count). The molecule has 0 radical (unpaired) electrons. The van der Waals surface area contributed by atoms with Crippen molar-refractivity contribution in [1.29, 1.82) is 0 Å². The van der Waals surface area contributed by atoms with Crippen molar-refractivity contribution < 1.29 is 17.9 Å². The van der Waals surface area contributed by atoms with Crippen molar-refractivity contribution >= 4 is 21.6 Å². The third-order valence-electron chi connectivity index (χ3n) is 2.82. The molecule has 0 saturated carbocycles. The molecule has 0 saturated heterocycles. The van der Waals surface area contributed by atoms with E-state index in [4.69, 9.17) is 10.5 Å². The molecule has 1 amide bonds. The molecule has 4 N–H and O–H groups in total. The van der Waals surface area contributed by atoms with Gasteiger partial charge in [0.05, 0.1) is 11.5 Å². The first-order valence-corrected chi connectivity index (χ1v) is 7.96. The lowest BCUT2D eigenvalue weighted by Gasteiger charge is -2.09. The fourth-order valence-corrected chi connectivity index (χ4v) is 2.70. The highest BCUT2D eigenvalue weighted by atomic mass is 32.2. The Morgan fingerprint density at radius 2 is 2.05 bits per heavy atom. The second-order valence-electron chi connectivity index (χ2n) is 4.51. The van der Waals surface area contributed by atoms with E-state index < -0.39 is 10.0 Å². The lowest BCUT2D eigenvalue weighted by molar-refractivity contribution is -0.121. The van der Waals surface area contributed by atoms with Crippen LogP contribution in [0.5, 0.6) is 0 Å². The van der Waals surface area contributed by atoms with Gasteiger partial charge in [-0.2, -0.15) is 0 Å². The van der Waals surface area contributed by atoms with Gasteiger partial charge in [0, 0.05) is 32.3 Å². The summed E-state index contributed by atoms with van der Waals surface area (Å²) in [5.74, 6) is -0.233. The number of sulfonamides is 1. The van der Waals surface area contributed by atoms with Crippen LogP contribution in [-0.2, 0) is 19.6 Å². The summed E-state index contributed by atoms with van der Waals surface area (Å²) < 4.78 is 31.2. The normalized spacial score (nSPS) is 11.3. The van der Waals surface area contributed by atoms with Crippen molar-refractivity contribution in [1.82, 2.24) is 10.0 Å². The van der Waals surface area contributed by atoms with Crippen LogP contribution in [0.4, 0.5) is 5.69 Å². The third-order valence-corrected chi connectivity index (χ3v) is 4.28. The maximum atomic E-state index is 12.0. The number of nitrogens with one attached hydrogen (secondary N) is 2. The van der Waals surface area contributed by atoms with Crippen LogP contribution in [0.1, 0.15) is 12.0 Å². The number of methoxy groups -OCH3 is 1. The van der Waals surface area contributed by atoms with Gasteiger partial charge in [0.15, 0.2) is 0 Å². The summed E-state index contributed by atoms with van der Waals surface area (Å²) in [4.78, 5) is 11.6. The van der Waals surface area contributed by atoms with E-state index in [1.165, 1.54) is 19.2 Å². The Morgan fingerprint density at radius 3 is 2.67 bits per heavy atom. The highest BCUT2D eigenvalue weighted by molar-refractivity contribution is 7.89. The minimum absolute atomic E-state index is 0.0323. The average Bonchev–Trinajstić information content (AvgIpc) is 2.42. The monoisotopic (exact) mass is 315 g/mol. The van der Waals surface area contributed by atoms with Crippen molar-refractivity contribution in [2.45, 2.75) is 18.2 Å². The van der Waals surface area contributed by atoms with Crippen LogP contribution in [0, 0.1) is 6.92 Å². The van der Waals surface area contributed by atoms with E-state index in [9.17, 15) is 13.2 Å². The smallest absolute Gasteiger partial charge is 0.240 e. The Morgan fingerprint density at radius 1 is 1.33 bits per heavy atom. The van der Waals surface area contributed by atoms with Gasteiger partial charge in [-0.1, -0.05) is 0 Å². The molecule has 0 aliphatic rings. The molecule has 118 valence electrons. The summed E-state index contributed by atoms with van der Waals surface area (Å²) in [5.41, 5.74) is 6.88. The van der Waals surface area contributed by atoms with E-state index in [0.717, 1.165) is 0 Å². The van der Waals surface area contributed by atoms with Gasteiger partial charge in [-0.15, -0.1) is 0 Å². The number of benzene rings is 1. The van der Waals surface area contributed by atoms with Crippen LogP contribution in [0.25, 0.3) is 0 Å². The largest absolute Gasteiger partial charge is 0.399 e. The van der Waals surface area contributed by atoms with Crippen LogP contribution in [-0.4, -0.2) is 41.1 Å². The van der Waals surface area contributed by atoms with Gasteiger partial charge < -0.3 is 15.8 Å². The Hall–Kier alpha value is -1.64. The lowest BCUT2D eigenvalue weighted by Crippen LogP contribution is -2.32. The summed E-state index contributed by atoms with van der Waals surface area (Å²) in [6, 6.07) is 4.47. The second-order valence-corrected chi connectivity index (χ2v) is 6.28. The summed E-state index contributed by atoms with van der Waals surface area (Å²) >= 11 is 0. The highest BCUT2D eigenvalue weighted by Crippen LogP contribution is 2.16. The van der Waals surface area contributed by atoms with Crippen molar-refractivity contribution in [3.8, 4) is 0 Å². The first-order chi connectivity index (χ1) is 9.86. The molecule has 0 aromatic heterocycles. The molecule has 8 heteroatoms. The standard InChI is InChI=1S/C13H21N3O4S/c1-10-9-11(3-4-12(10)14)21(18,19)16-6-5-13(17)15-7-8-20-2/h3-4,9,16H,5-8,14H2,1-2H3,(H,15,17). The number of carbonyl (C=O) groups excluding carboxylic acids is 1. The van der Waals surface area contributed by atoms with Crippen LogP contribution < -0.4 is 15.8 Å². The molecular weight excluding hydrogens is 294 g/mol. The first-order valence-electron chi connectivity index (χ1n) is 6.48. The number of nitrogen functional groups attached to an aromatic ring is 1. The molecule has 0 atom stereocenters. The minimum Gasteiger partial charge on any atom is -0.399 e. The molecule has 21 heavy (non-hydrogen) atoms. The number of nitrogens with two attached hydrogens (primary N) is 1. The van der Waals surface area contributed by atoms with Crippen molar-refractivity contribution in [3.63, 3.8) is 0 Å². The topological polar surface area (TPSA) is 111 Å². The molecule has 0 spiro atoms. The summed E-state index contributed by atoms with van der Waals surface area (Å²) in [6.45, 7) is 2.59. The van der Waals surface area contributed by atoms with Gasteiger partial charge in [0.2, 0.25) is 15.9 Å². The van der Waals surface area contributed by atoms with E-state index in [2.05, 4.69) is 10.0 Å². The Bertz CT molecular complexity index is 587. The highest BCUT2D eigenvalue weighted by Gasteiger charge is 2.14. The quantitative estimate of drug-likeness (QED) is 0.462. The Kier molecular flexibility index (Phi) is 6.60. The molecule has 0 unspecified atom stereocenters. The van der Waals surface area contributed by atoms with Crippen molar-refractivity contribution in [2.24, 2.45) is 0 Å². The number of aryl methyl sites for hydroxylation is 1.